The van der Waals surface area contributed by atoms with E-state index in [1.165, 1.54) is 0 Å². The molecule has 0 radical (unpaired) electrons. The molecule has 0 aliphatic carbocycles. The zero-order chi connectivity index (χ0) is 20.3. The molecule has 4 rings (SSSR count). The number of fused-ring (bicyclic) bond motifs is 1. The number of benzene rings is 1. The van der Waals surface area contributed by atoms with E-state index in [2.05, 4.69) is 9.97 Å². The van der Waals surface area contributed by atoms with Crippen LogP contribution in [0.25, 0.3) is 6.08 Å². The number of allylic oxidation sites excluding steroid dienone is 2. The highest BCUT2D eigenvalue weighted by molar-refractivity contribution is 7.85. The topological polar surface area (TPSA) is 83.4 Å². The van der Waals surface area contributed by atoms with Crippen LogP contribution in [-0.2, 0) is 10.1 Å². The number of rotatable bonds is 5. The van der Waals surface area contributed by atoms with E-state index in [1.807, 2.05) is 78.9 Å². The highest BCUT2D eigenvalue weighted by atomic mass is 32.2. The molecule has 0 fully saturated rings. The Morgan fingerprint density at radius 2 is 1.52 bits per heavy atom. The summed E-state index contributed by atoms with van der Waals surface area (Å²) < 4.78 is 33.0. The molecular weight excluding hydrogens is 386 g/mol. The Morgan fingerprint density at radius 3 is 2.10 bits per heavy atom. The van der Waals surface area contributed by atoms with Crippen LogP contribution in [0.15, 0.2) is 90.9 Å². The number of hydrogen-bond donors (Lipinski definition) is 1. The maximum Gasteiger partial charge on any atom is 0.283 e. The van der Waals surface area contributed by atoms with E-state index in [9.17, 15) is 13.0 Å². The fraction of sp³-hybridized carbons (Fsp3) is 0.0909. The highest BCUT2D eigenvalue weighted by Gasteiger charge is 2.24. The molecule has 1 N–H and O–H groups in total. The van der Waals surface area contributed by atoms with E-state index < -0.39 is 16.0 Å². The minimum atomic E-state index is -4.24. The summed E-state index contributed by atoms with van der Waals surface area (Å²) in [6.45, 7) is 0. The molecular formula is C22H19N3O3S. The summed E-state index contributed by atoms with van der Waals surface area (Å²) in [6, 6.07) is 18.7. The second kappa shape index (κ2) is 7.98. The summed E-state index contributed by atoms with van der Waals surface area (Å²) in [7, 11) is -4.24. The van der Waals surface area contributed by atoms with Crippen LogP contribution in [-0.4, -0.2) is 28.8 Å². The largest absolute Gasteiger partial charge is 0.324 e. The number of para-hydroxylation sites is 1. The quantitative estimate of drug-likeness (QED) is 0.649. The van der Waals surface area contributed by atoms with Crippen LogP contribution in [0.2, 0.25) is 0 Å². The minimum absolute atomic E-state index is 0.286. The standard InChI is InChI=1S/C22H19N3O3S/c26-29(27,28)16-25-18(12-11-17-7-1-2-10-22(17)25)15-19(20-8-3-5-13-23-20)21-9-4-6-14-24-21/h1-15,19H,16H2,(H,26,27,28)/b18-15+. The molecule has 0 atom stereocenters. The molecule has 0 spiro atoms. The first kappa shape index (κ1) is 19.0. The van der Waals surface area contributed by atoms with Crippen molar-refractivity contribution < 1.29 is 13.0 Å². The molecule has 0 bridgehead atoms. The van der Waals surface area contributed by atoms with Crippen molar-refractivity contribution in [1.82, 2.24) is 9.97 Å². The van der Waals surface area contributed by atoms with Crippen molar-refractivity contribution in [2.24, 2.45) is 0 Å². The normalized spacial score (nSPS) is 15.0. The monoisotopic (exact) mass is 405 g/mol. The highest BCUT2D eigenvalue weighted by Crippen LogP contribution is 2.34. The lowest BCUT2D eigenvalue weighted by Gasteiger charge is -2.30. The molecule has 0 amide bonds. The van der Waals surface area contributed by atoms with Gasteiger partial charge in [-0.2, -0.15) is 8.42 Å². The molecule has 1 aromatic carbocycles. The lowest BCUT2D eigenvalue weighted by atomic mass is 9.96. The molecule has 29 heavy (non-hydrogen) atoms. The Kier molecular flexibility index (Phi) is 5.24. The summed E-state index contributed by atoms with van der Waals surface area (Å²) in [5.41, 5.74) is 3.80. The number of anilines is 1. The summed E-state index contributed by atoms with van der Waals surface area (Å²) in [6.07, 6.45) is 9.11. The molecule has 2 aromatic heterocycles. The van der Waals surface area contributed by atoms with Gasteiger partial charge in [0.1, 0.15) is 0 Å². The van der Waals surface area contributed by atoms with Gasteiger partial charge in [0, 0.05) is 23.8 Å². The summed E-state index contributed by atoms with van der Waals surface area (Å²) in [5.74, 6) is -0.830. The van der Waals surface area contributed by atoms with Gasteiger partial charge in [0.05, 0.1) is 17.3 Å². The van der Waals surface area contributed by atoms with E-state index in [0.717, 1.165) is 17.0 Å². The van der Waals surface area contributed by atoms with E-state index in [1.54, 1.807) is 17.3 Å². The summed E-state index contributed by atoms with van der Waals surface area (Å²) in [5, 5.41) is 0. The van der Waals surface area contributed by atoms with E-state index in [4.69, 9.17) is 0 Å². The maximum absolute atomic E-state index is 11.7. The molecule has 0 saturated heterocycles. The van der Waals surface area contributed by atoms with Gasteiger partial charge in [-0.15, -0.1) is 0 Å². The van der Waals surface area contributed by atoms with Gasteiger partial charge in [-0.1, -0.05) is 36.4 Å². The molecule has 3 aromatic rings. The third-order valence-electron chi connectivity index (χ3n) is 4.62. The van der Waals surface area contributed by atoms with Crippen LogP contribution < -0.4 is 4.90 Å². The van der Waals surface area contributed by atoms with Crippen LogP contribution in [0.5, 0.6) is 0 Å². The Bertz CT molecular complexity index is 1120. The lowest BCUT2D eigenvalue weighted by Crippen LogP contribution is -2.30. The second-order valence-corrected chi connectivity index (χ2v) is 8.03. The van der Waals surface area contributed by atoms with E-state index in [-0.39, 0.29) is 5.92 Å². The maximum atomic E-state index is 11.7. The van der Waals surface area contributed by atoms with Crippen LogP contribution in [0, 0.1) is 0 Å². The molecule has 0 saturated carbocycles. The molecule has 1 aliphatic rings. The number of pyridine rings is 2. The Balaban J connectivity index is 1.84. The average Bonchev–Trinajstić information content (AvgIpc) is 2.73. The Morgan fingerprint density at radius 1 is 0.897 bits per heavy atom. The molecule has 1 aliphatic heterocycles. The summed E-state index contributed by atoms with van der Waals surface area (Å²) >= 11 is 0. The van der Waals surface area contributed by atoms with Gasteiger partial charge in [-0.05, 0) is 48.0 Å². The fourth-order valence-corrected chi connectivity index (χ4v) is 3.96. The van der Waals surface area contributed by atoms with Crippen LogP contribution in [0.1, 0.15) is 22.9 Å². The zero-order valence-electron chi connectivity index (χ0n) is 15.5. The van der Waals surface area contributed by atoms with Gasteiger partial charge in [0.15, 0.2) is 5.88 Å². The van der Waals surface area contributed by atoms with Crippen molar-refractivity contribution in [3.63, 3.8) is 0 Å². The minimum Gasteiger partial charge on any atom is -0.324 e. The van der Waals surface area contributed by atoms with Crippen LogP contribution >= 0.6 is 0 Å². The second-order valence-electron chi connectivity index (χ2n) is 6.61. The smallest absolute Gasteiger partial charge is 0.283 e. The van der Waals surface area contributed by atoms with Crippen LogP contribution in [0.3, 0.4) is 0 Å². The van der Waals surface area contributed by atoms with E-state index in [0.29, 0.717) is 11.4 Å². The molecule has 146 valence electrons. The first-order valence-electron chi connectivity index (χ1n) is 9.05. The lowest BCUT2D eigenvalue weighted by molar-refractivity contribution is 0.482. The number of hydrogen-bond acceptors (Lipinski definition) is 5. The van der Waals surface area contributed by atoms with Crippen molar-refractivity contribution in [2.45, 2.75) is 5.92 Å². The predicted octanol–water partition coefficient (Wildman–Crippen LogP) is 3.87. The van der Waals surface area contributed by atoms with Gasteiger partial charge >= 0.3 is 0 Å². The third kappa shape index (κ3) is 4.42. The SMILES string of the molecule is O=S(=O)(O)CN1/C(=C/C(c2ccccn2)c2ccccn2)C=Cc2ccccc21. The van der Waals surface area contributed by atoms with E-state index >= 15 is 0 Å². The molecule has 7 heteroatoms. The van der Waals surface area contributed by atoms with Gasteiger partial charge in [0.2, 0.25) is 0 Å². The van der Waals surface area contributed by atoms with Crippen LogP contribution in [0.4, 0.5) is 5.69 Å². The first-order chi connectivity index (χ1) is 14.0. The van der Waals surface area contributed by atoms with Crippen molar-refractivity contribution in [3.05, 3.63) is 108 Å². The zero-order valence-corrected chi connectivity index (χ0v) is 16.3. The van der Waals surface area contributed by atoms with Crippen molar-refractivity contribution >= 4 is 21.9 Å². The van der Waals surface area contributed by atoms with Crippen molar-refractivity contribution in [1.29, 1.82) is 0 Å². The molecule has 3 heterocycles. The first-order valence-corrected chi connectivity index (χ1v) is 10.7. The van der Waals surface area contributed by atoms with Gasteiger partial charge in [-0.3, -0.25) is 14.5 Å². The Hall–Kier alpha value is -3.29. The number of aromatic nitrogens is 2. The summed E-state index contributed by atoms with van der Waals surface area (Å²) in [4.78, 5) is 10.5. The fourth-order valence-electron chi connectivity index (χ4n) is 3.34. The van der Waals surface area contributed by atoms with Gasteiger partial charge < -0.3 is 4.90 Å². The van der Waals surface area contributed by atoms with Gasteiger partial charge in [0.25, 0.3) is 10.1 Å². The average molecular weight is 405 g/mol. The number of nitrogens with zero attached hydrogens (tertiary/aromatic N) is 3. The third-order valence-corrected chi connectivity index (χ3v) is 5.20. The van der Waals surface area contributed by atoms with Crippen molar-refractivity contribution in [2.75, 3.05) is 10.8 Å². The predicted molar refractivity (Wildman–Crippen MR) is 113 cm³/mol. The Labute approximate surface area is 169 Å². The van der Waals surface area contributed by atoms with Gasteiger partial charge in [-0.25, -0.2) is 0 Å². The van der Waals surface area contributed by atoms with Crippen molar-refractivity contribution in [3.8, 4) is 0 Å². The molecule has 6 nitrogen and oxygen atoms in total. The molecule has 0 unspecified atom stereocenters.